The van der Waals surface area contributed by atoms with Crippen LogP contribution in [0, 0.1) is 0 Å². The van der Waals surface area contributed by atoms with Crippen molar-refractivity contribution in [3.63, 3.8) is 0 Å². The molecule has 2 aliphatic heterocycles. The number of piperidine rings is 1. The van der Waals surface area contributed by atoms with E-state index in [0.29, 0.717) is 12.5 Å². The number of hydrogen-bond acceptors (Lipinski definition) is 5. The molecule has 2 unspecified atom stereocenters. The van der Waals surface area contributed by atoms with Crippen molar-refractivity contribution >= 4 is 11.9 Å². The minimum absolute atomic E-state index is 0.0498. The van der Waals surface area contributed by atoms with Crippen LogP contribution in [0.4, 0.5) is 0 Å². The van der Waals surface area contributed by atoms with Crippen molar-refractivity contribution in [1.82, 2.24) is 14.8 Å². The summed E-state index contributed by atoms with van der Waals surface area (Å²) in [6, 6.07) is 4.03. The number of nitrogens with zero attached hydrogens (tertiary/aromatic N) is 3. The van der Waals surface area contributed by atoms with E-state index in [0.717, 1.165) is 32.4 Å². The Kier molecular flexibility index (Phi) is 5.61. The molecule has 3 heterocycles. The third-order valence-electron chi connectivity index (χ3n) is 5.08. The van der Waals surface area contributed by atoms with E-state index < -0.39 is 5.60 Å². The van der Waals surface area contributed by atoms with Crippen molar-refractivity contribution in [3.05, 3.63) is 30.1 Å². The maximum atomic E-state index is 12.8. The zero-order valence-corrected chi connectivity index (χ0v) is 16.0. The molecule has 2 fully saturated rings. The van der Waals surface area contributed by atoms with E-state index in [1.807, 2.05) is 33.2 Å². The highest BCUT2D eigenvalue weighted by Crippen LogP contribution is 2.30. The summed E-state index contributed by atoms with van der Waals surface area (Å²) in [5.74, 6) is 0.172. The lowest BCUT2D eigenvalue weighted by molar-refractivity contribution is -0.158. The zero-order valence-electron chi connectivity index (χ0n) is 16.0. The van der Waals surface area contributed by atoms with Crippen LogP contribution in [0.5, 0.6) is 0 Å². The monoisotopic (exact) mass is 359 g/mol. The van der Waals surface area contributed by atoms with Gasteiger partial charge in [0.05, 0.1) is 6.04 Å². The number of hydrogen-bond donors (Lipinski definition) is 0. The summed E-state index contributed by atoms with van der Waals surface area (Å²) in [4.78, 5) is 32.9. The largest absolute Gasteiger partial charge is 0.459 e. The molecule has 6 heteroatoms. The molecule has 6 nitrogen and oxygen atoms in total. The van der Waals surface area contributed by atoms with Crippen LogP contribution < -0.4 is 0 Å². The van der Waals surface area contributed by atoms with Gasteiger partial charge < -0.3 is 9.64 Å². The Labute approximate surface area is 155 Å². The Bertz CT molecular complexity index is 641. The Morgan fingerprint density at radius 3 is 2.65 bits per heavy atom. The van der Waals surface area contributed by atoms with Gasteiger partial charge in [-0.25, -0.2) is 0 Å². The summed E-state index contributed by atoms with van der Waals surface area (Å²) in [6.07, 6.45) is 6.67. The second-order valence-electron chi connectivity index (χ2n) is 8.27. The quantitative estimate of drug-likeness (QED) is 0.771. The van der Waals surface area contributed by atoms with Crippen LogP contribution in [0.25, 0.3) is 0 Å². The Hall–Kier alpha value is -1.95. The molecule has 0 spiro atoms. The van der Waals surface area contributed by atoms with Crippen LogP contribution in [0.2, 0.25) is 0 Å². The Morgan fingerprint density at radius 2 is 1.96 bits per heavy atom. The molecule has 3 rings (SSSR count). The molecule has 1 amide bonds. The van der Waals surface area contributed by atoms with Crippen LogP contribution >= 0.6 is 0 Å². The van der Waals surface area contributed by atoms with E-state index >= 15 is 0 Å². The van der Waals surface area contributed by atoms with Gasteiger partial charge in [0.15, 0.2) is 0 Å². The molecule has 2 aliphatic rings. The lowest BCUT2D eigenvalue weighted by atomic mass is 9.90. The average Bonchev–Trinajstić information content (AvgIpc) is 2.95. The SMILES string of the molecule is CC(C)(C)OC(=O)CN1CCC(N2CCCC(c3ccncc3)C2)C1=O. The lowest BCUT2D eigenvalue weighted by Crippen LogP contribution is -2.47. The minimum Gasteiger partial charge on any atom is -0.459 e. The molecule has 0 aromatic carbocycles. The second kappa shape index (κ2) is 7.74. The summed E-state index contributed by atoms with van der Waals surface area (Å²) in [5, 5.41) is 0. The Morgan fingerprint density at radius 1 is 1.23 bits per heavy atom. The fourth-order valence-electron chi connectivity index (χ4n) is 3.95. The number of esters is 1. The lowest BCUT2D eigenvalue weighted by Gasteiger charge is -2.36. The minimum atomic E-state index is -0.524. The molecule has 0 N–H and O–H groups in total. The summed E-state index contributed by atoms with van der Waals surface area (Å²) in [5.41, 5.74) is 0.768. The maximum absolute atomic E-state index is 12.8. The number of amides is 1. The third-order valence-corrected chi connectivity index (χ3v) is 5.08. The first-order valence-electron chi connectivity index (χ1n) is 9.48. The van der Waals surface area contributed by atoms with Crippen molar-refractivity contribution in [1.29, 1.82) is 0 Å². The third kappa shape index (κ3) is 4.61. The molecule has 0 aliphatic carbocycles. The Balaban J connectivity index is 1.58. The van der Waals surface area contributed by atoms with Crippen molar-refractivity contribution in [3.8, 4) is 0 Å². The smallest absolute Gasteiger partial charge is 0.326 e. The van der Waals surface area contributed by atoms with E-state index in [9.17, 15) is 9.59 Å². The van der Waals surface area contributed by atoms with E-state index in [2.05, 4.69) is 22.0 Å². The first-order valence-corrected chi connectivity index (χ1v) is 9.48. The van der Waals surface area contributed by atoms with Gasteiger partial charge in [0.2, 0.25) is 5.91 Å². The van der Waals surface area contributed by atoms with Gasteiger partial charge in [0, 0.05) is 25.5 Å². The van der Waals surface area contributed by atoms with Gasteiger partial charge in [-0.3, -0.25) is 19.5 Å². The fraction of sp³-hybridized carbons (Fsp3) is 0.650. The summed E-state index contributed by atoms with van der Waals surface area (Å²) in [7, 11) is 0. The van der Waals surface area contributed by atoms with Gasteiger partial charge >= 0.3 is 5.97 Å². The fourth-order valence-corrected chi connectivity index (χ4v) is 3.95. The molecular weight excluding hydrogens is 330 g/mol. The van der Waals surface area contributed by atoms with E-state index in [4.69, 9.17) is 4.74 Å². The van der Waals surface area contributed by atoms with Gasteiger partial charge in [-0.2, -0.15) is 0 Å². The first-order chi connectivity index (χ1) is 12.3. The van der Waals surface area contributed by atoms with Crippen LogP contribution in [0.15, 0.2) is 24.5 Å². The number of carbonyl (C=O) groups is 2. The number of pyridine rings is 1. The summed E-state index contributed by atoms with van der Waals surface area (Å²) >= 11 is 0. The molecule has 26 heavy (non-hydrogen) atoms. The zero-order chi connectivity index (χ0) is 18.7. The van der Waals surface area contributed by atoms with Crippen LogP contribution in [0.3, 0.4) is 0 Å². The number of aromatic nitrogens is 1. The highest BCUT2D eigenvalue weighted by atomic mass is 16.6. The van der Waals surface area contributed by atoms with Gasteiger partial charge in [0.1, 0.15) is 12.1 Å². The molecule has 2 saturated heterocycles. The normalized spacial score (nSPS) is 24.7. The molecule has 142 valence electrons. The van der Waals surface area contributed by atoms with Crippen molar-refractivity contribution < 1.29 is 14.3 Å². The average molecular weight is 359 g/mol. The van der Waals surface area contributed by atoms with Crippen LogP contribution in [-0.4, -0.2) is 64.5 Å². The molecule has 2 atom stereocenters. The number of ether oxygens (including phenoxy) is 1. The number of likely N-dealkylation sites (tertiary alicyclic amines) is 2. The number of carbonyl (C=O) groups excluding carboxylic acids is 2. The molecule has 1 aromatic rings. The number of rotatable bonds is 4. The molecule has 1 aromatic heterocycles. The highest BCUT2D eigenvalue weighted by molar-refractivity contribution is 5.87. The van der Waals surface area contributed by atoms with Gasteiger partial charge in [0.25, 0.3) is 0 Å². The molecule has 0 radical (unpaired) electrons. The molecule has 0 saturated carbocycles. The van der Waals surface area contributed by atoms with Gasteiger partial charge in [-0.15, -0.1) is 0 Å². The van der Waals surface area contributed by atoms with E-state index in [1.54, 1.807) is 4.90 Å². The summed E-state index contributed by atoms with van der Waals surface area (Å²) in [6.45, 7) is 8.03. The van der Waals surface area contributed by atoms with Crippen molar-refractivity contribution in [2.75, 3.05) is 26.2 Å². The summed E-state index contributed by atoms with van der Waals surface area (Å²) < 4.78 is 5.35. The standard InChI is InChI=1S/C20H29N3O3/c1-20(2,3)26-18(24)14-23-12-8-17(19(23)25)22-11-4-5-16(13-22)15-6-9-21-10-7-15/h6-7,9-10,16-17H,4-5,8,11-14H2,1-3H3. The van der Waals surface area contributed by atoms with Crippen LogP contribution in [-0.2, 0) is 14.3 Å². The van der Waals surface area contributed by atoms with E-state index in [1.165, 1.54) is 5.56 Å². The predicted molar refractivity (Wildman–Crippen MR) is 98.6 cm³/mol. The predicted octanol–water partition coefficient (Wildman–Crippen LogP) is 2.20. The van der Waals surface area contributed by atoms with Gasteiger partial charge in [-0.05, 0) is 70.2 Å². The van der Waals surface area contributed by atoms with Crippen LogP contribution in [0.1, 0.15) is 51.5 Å². The van der Waals surface area contributed by atoms with Gasteiger partial charge in [-0.1, -0.05) is 0 Å². The van der Waals surface area contributed by atoms with E-state index in [-0.39, 0.29) is 24.5 Å². The first kappa shape index (κ1) is 18.8. The molecular formula is C20H29N3O3. The van der Waals surface area contributed by atoms with Crippen molar-refractivity contribution in [2.24, 2.45) is 0 Å². The van der Waals surface area contributed by atoms with Crippen molar-refractivity contribution in [2.45, 2.75) is 57.6 Å². The highest BCUT2D eigenvalue weighted by Gasteiger charge is 2.39. The topological polar surface area (TPSA) is 62.7 Å². The second-order valence-corrected chi connectivity index (χ2v) is 8.27. The maximum Gasteiger partial charge on any atom is 0.326 e. The molecule has 0 bridgehead atoms.